The minimum Gasteiger partial charge on any atom is -0.497 e. The number of aromatic nitrogens is 4. The second kappa shape index (κ2) is 12.8. The molecule has 1 aromatic carbocycles. The highest BCUT2D eigenvalue weighted by Gasteiger charge is 2.17. The van der Waals surface area contributed by atoms with Gasteiger partial charge >= 0.3 is 7.82 Å². The SMILES string of the molecule is CCC(C)NCCCn1c(Sc2cc(OC)ccc2I)nc2c(N)ncnc21.O=P(O)(O)O. The zero-order valence-corrected chi connectivity index (χ0v) is 22.3. The lowest BCUT2D eigenvalue weighted by Crippen LogP contribution is -2.26. The van der Waals surface area contributed by atoms with Crippen LogP contribution in [0.4, 0.5) is 5.82 Å². The largest absolute Gasteiger partial charge is 0.497 e. The molecule has 11 nitrogen and oxygen atoms in total. The van der Waals surface area contributed by atoms with Crippen LogP contribution in [0.5, 0.6) is 5.75 Å². The molecule has 0 amide bonds. The Morgan fingerprint density at radius 3 is 2.67 bits per heavy atom. The normalized spacial score (nSPS) is 12.3. The third-order valence-electron chi connectivity index (χ3n) is 4.53. The van der Waals surface area contributed by atoms with Crippen LogP contribution in [0, 0.1) is 3.57 Å². The highest BCUT2D eigenvalue weighted by atomic mass is 127. The van der Waals surface area contributed by atoms with Crippen LogP contribution in [0.1, 0.15) is 26.7 Å². The van der Waals surface area contributed by atoms with E-state index in [9.17, 15) is 0 Å². The van der Waals surface area contributed by atoms with Crippen molar-refractivity contribution >= 4 is 59.2 Å². The van der Waals surface area contributed by atoms with E-state index in [-0.39, 0.29) is 0 Å². The van der Waals surface area contributed by atoms with Crippen LogP contribution in [0.3, 0.4) is 0 Å². The second-order valence-corrected chi connectivity index (χ2v) is 10.2. The zero-order chi connectivity index (χ0) is 24.6. The molecule has 0 aliphatic rings. The third kappa shape index (κ3) is 9.00. The molecule has 33 heavy (non-hydrogen) atoms. The molecule has 182 valence electrons. The van der Waals surface area contributed by atoms with Crippen molar-refractivity contribution in [3.05, 3.63) is 28.1 Å². The van der Waals surface area contributed by atoms with Crippen LogP contribution in [0.15, 0.2) is 34.6 Å². The van der Waals surface area contributed by atoms with Gasteiger partial charge in [-0.25, -0.2) is 19.5 Å². The van der Waals surface area contributed by atoms with Crippen molar-refractivity contribution in [2.24, 2.45) is 0 Å². The van der Waals surface area contributed by atoms with E-state index < -0.39 is 7.82 Å². The number of nitrogens with one attached hydrogen (secondary N) is 1. The van der Waals surface area contributed by atoms with Gasteiger partial charge in [0.05, 0.1) is 7.11 Å². The average Bonchev–Trinajstić information content (AvgIpc) is 3.10. The van der Waals surface area contributed by atoms with Gasteiger partial charge in [-0.05, 0) is 67.1 Å². The first-order valence-corrected chi connectivity index (χ1v) is 13.5. The molecular weight excluding hydrogens is 582 g/mol. The molecule has 0 saturated carbocycles. The molecule has 1 unspecified atom stereocenters. The Morgan fingerprint density at radius 2 is 2.03 bits per heavy atom. The Kier molecular flexibility index (Phi) is 10.8. The molecule has 0 aliphatic carbocycles. The molecular formula is C19H28IN6O5PS. The molecule has 3 aromatic rings. The molecule has 0 radical (unpaired) electrons. The van der Waals surface area contributed by atoms with Gasteiger partial charge in [-0.15, -0.1) is 0 Å². The quantitative estimate of drug-likeness (QED) is 0.137. The predicted octanol–water partition coefficient (Wildman–Crippen LogP) is 3.02. The third-order valence-corrected chi connectivity index (χ3v) is 6.89. The minimum absolute atomic E-state index is 0.406. The number of methoxy groups -OCH3 is 1. The highest BCUT2D eigenvalue weighted by Crippen LogP contribution is 2.35. The Labute approximate surface area is 209 Å². The summed E-state index contributed by atoms with van der Waals surface area (Å²) in [6, 6.07) is 6.54. The number of ether oxygens (including phenoxy) is 1. The van der Waals surface area contributed by atoms with Crippen LogP contribution in [-0.2, 0) is 11.1 Å². The van der Waals surface area contributed by atoms with E-state index in [2.05, 4.69) is 56.3 Å². The van der Waals surface area contributed by atoms with Gasteiger partial charge in [0.15, 0.2) is 22.1 Å². The lowest BCUT2D eigenvalue weighted by Gasteiger charge is -2.13. The molecule has 2 aromatic heterocycles. The molecule has 2 heterocycles. The summed E-state index contributed by atoms with van der Waals surface area (Å²) >= 11 is 3.92. The van der Waals surface area contributed by atoms with Gasteiger partial charge in [0.1, 0.15) is 12.1 Å². The molecule has 14 heteroatoms. The summed E-state index contributed by atoms with van der Waals surface area (Å²) < 4.78 is 17.5. The summed E-state index contributed by atoms with van der Waals surface area (Å²) in [6.07, 6.45) is 3.59. The molecule has 6 N–H and O–H groups in total. The number of phosphoric acid groups is 1. The maximum atomic E-state index is 8.88. The number of halogens is 1. The van der Waals surface area contributed by atoms with Crippen molar-refractivity contribution in [3.63, 3.8) is 0 Å². The molecule has 0 aliphatic heterocycles. The maximum absolute atomic E-state index is 8.88. The van der Waals surface area contributed by atoms with Crippen LogP contribution >= 0.6 is 42.2 Å². The molecule has 0 fully saturated rings. The lowest BCUT2D eigenvalue weighted by atomic mass is 10.2. The number of nitrogens with zero attached hydrogens (tertiary/aromatic N) is 4. The van der Waals surface area contributed by atoms with E-state index in [1.165, 1.54) is 6.33 Å². The number of imidazole rings is 1. The molecule has 0 spiro atoms. The first kappa shape index (κ1) is 27.8. The van der Waals surface area contributed by atoms with Crippen molar-refractivity contribution in [3.8, 4) is 5.75 Å². The van der Waals surface area contributed by atoms with E-state index >= 15 is 0 Å². The van der Waals surface area contributed by atoms with Crippen LogP contribution < -0.4 is 15.8 Å². The maximum Gasteiger partial charge on any atom is 0.466 e. The van der Waals surface area contributed by atoms with Gasteiger partial charge in [-0.2, -0.15) is 0 Å². The average molecular weight is 610 g/mol. The van der Waals surface area contributed by atoms with Crippen molar-refractivity contribution in [2.45, 2.75) is 49.3 Å². The molecule has 1 atom stereocenters. The highest BCUT2D eigenvalue weighted by molar-refractivity contribution is 14.1. The molecule has 0 bridgehead atoms. The van der Waals surface area contributed by atoms with Gasteiger partial charge in [0, 0.05) is 21.1 Å². The number of anilines is 1. The second-order valence-electron chi connectivity index (χ2n) is 7.01. The zero-order valence-electron chi connectivity index (χ0n) is 18.5. The standard InChI is InChI=1S/C19H25IN6OS.H3O4P/c1-4-12(2)22-8-5-9-26-18-16(17(21)23-11-24-18)25-19(26)28-15-10-13(27-3)6-7-14(15)20;1-5(2,3)4/h6-7,10-12,22H,4-5,8-9H2,1-3H3,(H2,21,23,24);(H3,1,2,3,4). The van der Waals surface area contributed by atoms with Crippen LogP contribution in [-0.4, -0.2) is 53.9 Å². The Hall–Kier alpha value is -1.48. The Morgan fingerprint density at radius 1 is 1.33 bits per heavy atom. The van der Waals surface area contributed by atoms with Crippen molar-refractivity contribution in [2.75, 3.05) is 19.4 Å². The number of rotatable bonds is 9. The summed E-state index contributed by atoms with van der Waals surface area (Å²) in [4.78, 5) is 35.9. The summed E-state index contributed by atoms with van der Waals surface area (Å²) in [5.41, 5.74) is 7.48. The number of nitrogen functional groups attached to an aromatic ring is 1. The van der Waals surface area contributed by atoms with Gasteiger partial charge < -0.3 is 35.0 Å². The van der Waals surface area contributed by atoms with Gasteiger partial charge in [0.25, 0.3) is 0 Å². The number of hydrogen-bond acceptors (Lipinski definition) is 8. The fraction of sp³-hybridized carbons (Fsp3) is 0.421. The Balaban J connectivity index is 0.000000696. The fourth-order valence-electron chi connectivity index (χ4n) is 2.73. The van der Waals surface area contributed by atoms with Gasteiger partial charge in [-0.3, -0.25) is 0 Å². The van der Waals surface area contributed by atoms with E-state index in [0.29, 0.717) is 17.4 Å². The predicted molar refractivity (Wildman–Crippen MR) is 136 cm³/mol. The van der Waals surface area contributed by atoms with E-state index in [1.807, 2.05) is 18.2 Å². The van der Waals surface area contributed by atoms with Crippen molar-refractivity contribution in [1.29, 1.82) is 0 Å². The van der Waals surface area contributed by atoms with E-state index in [4.69, 9.17) is 34.7 Å². The van der Waals surface area contributed by atoms with Gasteiger partial charge in [-0.1, -0.05) is 18.7 Å². The van der Waals surface area contributed by atoms with Crippen molar-refractivity contribution in [1.82, 2.24) is 24.8 Å². The monoisotopic (exact) mass is 610 g/mol. The van der Waals surface area contributed by atoms with E-state index in [0.717, 1.165) is 50.9 Å². The Bertz CT molecular complexity index is 1100. The summed E-state index contributed by atoms with van der Waals surface area (Å²) in [5, 5.41) is 4.39. The van der Waals surface area contributed by atoms with E-state index in [1.54, 1.807) is 18.9 Å². The number of aryl methyl sites for hydroxylation is 1. The number of fused-ring (bicyclic) bond motifs is 1. The summed E-state index contributed by atoms with van der Waals surface area (Å²) in [6.45, 7) is 6.13. The minimum atomic E-state index is -4.64. The van der Waals surface area contributed by atoms with Crippen LogP contribution in [0.25, 0.3) is 11.2 Å². The molecule has 0 saturated heterocycles. The molecule has 3 rings (SSSR count). The van der Waals surface area contributed by atoms with Gasteiger partial charge in [0.2, 0.25) is 0 Å². The van der Waals surface area contributed by atoms with Crippen molar-refractivity contribution < 1.29 is 24.0 Å². The number of benzene rings is 1. The fourth-order valence-corrected chi connectivity index (χ4v) is 4.36. The van der Waals surface area contributed by atoms with Crippen LogP contribution in [0.2, 0.25) is 0 Å². The summed E-state index contributed by atoms with van der Waals surface area (Å²) in [7, 11) is -2.97. The topological polar surface area (TPSA) is 169 Å². The smallest absolute Gasteiger partial charge is 0.466 e. The lowest BCUT2D eigenvalue weighted by molar-refractivity contribution is 0.275. The number of nitrogens with two attached hydrogens (primary N) is 1. The first-order chi connectivity index (χ1) is 15.5. The first-order valence-electron chi connectivity index (χ1n) is 10.0. The number of hydrogen-bond donors (Lipinski definition) is 5. The summed E-state index contributed by atoms with van der Waals surface area (Å²) in [5.74, 6) is 1.23.